The molecule has 0 bridgehead atoms. The minimum Gasteiger partial charge on any atom is -0.380 e. The molecule has 2 aromatic heterocycles. The topological polar surface area (TPSA) is 85.6 Å². The molecular weight excluding hydrogens is 374 g/mol. The third-order valence-corrected chi connectivity index (χ3v) is 5.50. The van der Waals surface area contributed by atoms with Crippen LogP contribution in [0, 0.1) is 6.92 Å². The number of rotatable bonds is 3. The standard InChI is InChI=1S/C21H20ClN5O/c1-11-2-4-15-14(8-11)19(24-13-6-7-23-10-13)18(21(28)27-15)20-25-16-5-3-12(22)9-17(16)26-20/h2-5,8-9,13,23H,6-7,10H2,1H3,(H,25,26)(H2,24,27,28). The number of hydrogen-bond acceptors (Lipinski definition) is 4. The summed E-state index contributed by atoms with van der Waals surface area (Å²) in [5, 5.41) is 8.57. The molecule has 5 rings (SSSR count). The van der Waals surface area contributed by atoms with Crippen molar-refractivity contribution < 1.29 is 0 Å². The lowest BCUT2D eigenvalue weighted by atomic mass is 10.0. The first-order chi connectivity index (χ1) is 13.6. The number of fused-ring (bicyclic) bond motifs is 2. The maximum atomic E-state index is 13.1. The van der Waals surface area contributed by atoms with Crippen LogP contribution in [0.3, 0.4) is 0 Å². The van der Waals surface area contributed by atoms with E-state index in [2.05, 4.69) is 31.7 Å². The van der Waals surface area contributed by atoms with Gasteiger partial charge in [0.2, 0.25) is 0 Å². The monoisotopic (exact) mass is 393 g/mol. The Morgan fingerprint density at radius 2 is 2.00 bits per heavy atom. The molecule has 3 heterocycles. The second-order valence-electron chi connectivity index (χ2n) is 7.33. The molecule has 0 aliphatic carbocycles. The summed E-state index contributed by atoms with van der Waals surface area (Å²) < 4.78 is 0. The first-order valence-corrected chi connectivity index (χ1v) is 9.76. The Bertz CT molecular complexity index is 1250. The van der Waals surface area contributed by atoms with Gasteiger partial charge in [0.05, 0.1) is 22.2 Å². The van der Waals surface area contributed by atoms with Crippen LogP contribution in [0.25, 0.3) is 33.3 Å². The lowest BCUT2D eigenvalue weighted by molar-refractivity contribution is 0.794. The van der Waals surface area contributed by atoms with E-state index in [-0.39, 0.29) is 11.6 Å². The lowest BCUT2D eigenvalue weighted by Crippen LogP contribution is -2.24. The molecule has 28 heavy (non-hydrogen) atoms. The van der Waals surface area contributed by atoms with Crippen LogP contribution in [0.1, 0.15) is 12.0 Å². The fourth-order valence-corrected chi connectivity index (χ4v) is 4.03. The van der Waals surface area contributed by atoms with Crippen LogP contribution in [0.15, 0.2) is 41.2 Å². The Kier molecular flexibility index (Phi) is 4.10. The van der Waals surface area contributed by atoms with Crippen molar-refractivity contribution in [3.63, 3.8) is 0 Å². The number of hydrogen-bond donors (Lipinski definition) is 4. The van der Waals surface area contributed by atoms with Crippen molar-refractivity contribution in [2.75, 3.05) is 18.4 Å². The minimum atomic E-state index is -0.171. The van der Waals surface area contributed by atoms with Gasteiger partial charge in [-0.2, -0.15) is 0 Å². The normalized spacial score (nSPS) is 16.9. The summed E-state index contributed by atoms with van der Waals surface area (Å²) >= 11 is 6.10. The molecule has 0 radical (unpaired) electrons. The average molecular weight is 394 g/mol. The Hall–Kier alpha value is -2.83. The second kappa shape index (κ2) is 6.65. The zero-order valence-electron chi connectivity index (χ0n) is 15.4. The van der Waals surface area contributed by atoms with Crippen molar-refractivity contribution in [2.24, 2.45) is 0 Å². The molecule has 2 aromatic carbocycles. The number of nitrogens with zero attached hydrogens (tertiary/aromatic N) is 1. The van der Waals surface area contributed by atoms with Gasteiger partial charge >= 0.3 is 0 Å². The van der Waals surface area contributed by atoms with E-state index in [4.69, 9.17) is 11.6 Å². The quantitative estimate of drug-likeness (QED) is 0.426. The third-order valence-electron chi connectivity index (χ3n) is 5.26. The van der Waals surface area contributed by atoms with Crippen molar-refractivity contribution in [3.05, 3.63) is 57.3 Å². The highest BCUT2D eigenvalue weighted by molar-refractivity contribution is 6.31. The number of nitrogens with one attached hydrogen (secondary N) is 4. The summed E-state index contributed by atoms with van der Waals surface area (Å²) in [6, 6.07) is 11.8. The van der Waals surface area contributed by atoms with Gasteiger partial charge in [-0.1, -0.05) is 23.2 Å². The van der Waals surface area contributed by atoms with Crippen molar-refractivity contribution >= 4 is 39.2 Å². The van der Waals surface area contributed by atoms with Gasteiger partial charge in [0.1, 0.15) is 11.4 Å². The van der Waals surface area contributed by atoms with Crippen LogP contribution in [-0.2, 0) is 0 Å². The molecule has 1 unspecified atom stereocenters. The number of anilines is 1. The van der Waals surface area contributed by atoms with Crippen molar-refractivity contribution in [1.82, 2.24) is 20.3 Å². The lowest BCUT2D eigenvalue weighted by Gasteiger charge is -2.18. The van der Waals surface area contributed by atoms with E-state index in [0.717, 1.165) is 52.7 Å². The predicted octanol–water partition coefficient (Wildman–Crippen LogP) is 3.81. The summed E-state index contributed by atoms with van der Waals surface area (Å²) in [7, 11) is 0. The van der Waals surface area contributed by atoms with Gasteiger partial charge in [0.25, 0.3) is 5.56 Å². The van der Waals surface area contributed by atoms with Crippen molar-refractivity contribution in [1.29, 1.82) is 0 Å². The van der Waals surface area contributed by atoms with E-state index in [9.17, 15) is 4.79 Å². The molecular formula is C21H20ClN5O. The summed E-state index contributed by atoms with van der Waals surface area (Å²) in [4.78, 5) is 24.0. The molecule has 4 aromatic rings. The van der Waals surface area contributed by atoms with Crippen LogP contribution >= 0.6 is 11.6 Å². The van der Waals surface area contributed by atoms with Crippen LogP contribution < -0.4 is 16.2 Å². The van der Waals surface area contributed by atoms with Gasteiger partial charge in [0, 0.05) is 23.0 Å². The number of aryl methyl sites for hydroxylation is 1. The molecule has 142 valence electrons. The molecule has 6 nitrogen and oxygen atoms in total. The predicted molar refractivity (Wildman–Crippen MR) is 114 cm³/mol. The number of imidazole rings is 1. The Morgan fingerprint density at radius 3 is 2.82 bits per heavy atom. The molecule has 1 saturated heterocycles. The summed E-state index contributed by atoms with van der Waals surface area (Å²) in [5.41, 5.74) is 4.70. The van der Waals surface area contributed by atoms with Gasteiger partial charge in [0.15, 0.2) is 0 Å². The average Bonchev–Trinajstić information content (AvgIpc) is 3.31. The molecule has 0 saturated carbocycles. The highest BCUT2D eigenvalue weighted by Gasteiger charge is 2.22. The maximum absolute atomic E-state index is 13.1. The van der Waals surface area contributed by atoms with Gasteiger partial charge in [-0.25, -0.2) is 4.98 Å². The number of halogens is 1. The fraction of sp³-hybridized carbons (Fsp3) is 0.238. The number of pyridine rings is 1. The van der Waals surface area contributed by atoms with E-state index >= 15 is 0 Å². The van der Waals surface area contributed by atoms with Crippen molar-refractivity contribution in [2.45, 2.75) is 19.4 Å². The summed E-state index contributed by atoms with van der Waals surface area (Å²) in [6.07, 6.45) is 1.01. The van der Waals surface area contributed by atoms with Crippen molar-refractivity contribution in [3.8, 4) is 11.4 Å². The fourth-order valence-electron chi connectivity index (χ4n) is 3.86. The molecule has 0 spiro atoms. The highest BCUT2D eigenvalue weighted by Crippen LogP contribution is 2.32. The summed E-state index contributed by atoms with van der Waals surface area (Å²) in [5.74, 6) is 0.537. The Balaban J connectivity index is 1.77. The molecule has 1 atom stereocenters. The van der Waals surface area contributed by atoms with Crippen LogP contribution in [0.5, 0.6) is 0 Å². The van der Waals surface area contributed by atoms with Gasteiger partial charge < -0.3 is 20.6 Å². The molecule has 1 aliphatic rings. The molecule has 0 amide bonds. The number of aromatic nitrogens is 3. The SMILES string of the molecule is Cc1ccc2[nH]c(=O)c(-c3nc4cc(Cl)ccc4[nH]3)c(NC3CCNC3)c2c1. The Labute approximate surface area is 166 Å². The smallest absolute Gasteiger partial charge is 0.261 e. The largest absolute Gasteiger partial charge is 0.380 e. The first-order valence-electron chi connectivity index (χ1n) is 9.38. The van der Waals surface area contributed by atoms with Crippen LogP contribution in [-0.4, -0.2) is 34.1 Å². The zero-order chi connectivity index (χ0) is 19.3. The molecule has 4 N–H and O–H groups in total. The van der Waals surface area contributed by atoms with E-state index < -0.39 is 0 Å². The molecule has 7 heteroatoms. The molecule has 1 aliphatic heterocycles. The van der Waals surface area contributed by atoms with E-state index in [1.165, 1.54) is 0 Å². The highest BCUT2D eigenvalue weighted by atomic mass is 35.5. The van der Waals surface area contributed by atoms with E-state index in [0.29, 0.717) is 16.4 Å². The van der Waals surface area contributed by atoms with Crippen LogP contribution in [0.2, 0.25) is 5.02 Å². The zero-order valence-corrected chi connectivity index (χ0v) is 16.2. The minimum absolute atomic E-state index is 0.171. The van der Waals surface area contributed by atoms with E-state index in [1.54, 1.807) is 6.07 Å². The van der Waals surface area contributed by atoms with Crippen LogP contribution in [0.4, 0.5) is 5.69 Å². The number of aromatic amines is 2. The second-order valence-corrected chi connectivity index (χ2v) is 7.77. The van der Waals surface area contributed by atoms with Gasteiger partial charge in [-0.15, -0.1) is 0 Å². The maximum Gasteiger partial charge on any atom is 0.261 e. The molecule has 1 fully saturated rings. The van der Waals surface area contributed by atoms with Gasteiger partial charge in [-0.05, 0) is 50.2 Å². The number of benzene rings is 2. The first kappa shape index (κ1) is 17.3. The Morgan fingerprint density at radius 1 is 1.14 bits per heavy atom. The van der Waals surface area contributed by atoms with E-state index in [1.807, 2.05) is 31.2 Å². The number of H-pyrrole nitrogens is 2. The third kappa shape index (κ3) is 2.95. The van der Waals surface area contributed by atoms with Gasteiger partial charge in [-0.3, -0.25) is 4.79 Å². The summed E-state index contributed by atoms with van der Waals surface area (Å²) in [6.45, 7) is 3.89.